The van der Waals surface area contributed by atoms with Crippen LogP contribution in [0.1, 0.15) is 20.8 Å². The van der Waals surface area contributed by atoms with Crippen molar-refractivity contribution in [1.29, 1.82) is 0 Å². The summed E-state index contributed by atoms with van der Waals surface area (Å²) in [7, 11) is 3.82. The lowest BCUT2D eigenvalue weighted by Crippen LogP contribution is -2.46. The van der Waals surface area contributed by atoms with Crippen molar-refractivity contribution >= 4 is 29.1 Å². The number of benzene rings is 1. The lowest BCUT2D eigenvalue weighted by atomic mass is 9.91. The second kappa shape index (κ2) is 8.44. The molecule has 1 aromatic rings. The molecule has 132 valence electrons. The van der Waals surface area contributed by atoms with Crippen molar-refractivity contribution < 1.29 is 14.4 Å². The highest BCUT2D eigenvalue weighted by molar-refractivity contribution is 6.10. The number of rotatable bonds is 7. The fourth-order valence-corrected chi connectivity index (χ4v) is 1.88. The van der Waals surface area contributed by atoms with Gasteiger partial charge >= 0.3 is 0 Å². The van der Waals surface area contributed by atoms with Crippen LogP contribution in [0, 0.1) is 5.41 Å². The maximum Gasteiger partial charge on any atom is 0.239 e. The molecule has 0 fully saturated rings. The van der Waals surface area contributed by atoms with E-state index in [-0.39, 0.29) is 11.8 Å². The third-order valence-corrected chi connectivity index (χ3v) is 3.42. The number of hydrogen-bond donors (Lipinski definition) is 3. The number of hydrogen-bond acceptors (Lipinski definition) is 4. The topological polar surface area (TPSA) is 90.5 Å². The summed E-state index contributed by atoms with van der Waals surface area (Å²) >= 11 is 0. The van der Waals surface area contributed by atoms with E-state index in [4.69, 9.17) is 0 Å². The van der Waals surface area contributed by atoms with E-state index in [9.17, 15) is 14.4 Å². The summed E-state index contributed by atoms with van der Waals surface area (Å²) in [4.78, 5) is 37.7. The Bertz CT molecular complexity index is 612. The van der Waals surface area contributed by atoms with Crippen LogP contribution in [0.3, 0.4) is 0 Å². The average Bonchev–Trinajstić information content (AvgIpc) is 2.46. The summed E-state index contributed by atoms with van der Waals surface area (Å²) in [5, 5.41) is 8.12. The summed E-state index contributed by atoms with van der Waals surface area (Å²) in [5.74, 6) is -0.941. The maximum atomic E-state index is 12.4. The van der Waals surface area contributed by atoms with Crippen molar-refractivity contribution in [3.63, 3.8) is 0 Å². The highest BCUT2D eigenvalue weighted by Gasteiger charge is 2.35. The van der Waals surface area contributed by atoms with E-state index in [1.165, 1.54) is 6.92 Å². The number of carbonyl (C=O) groups excluding carboxylic acids is 3. The van der Waals surface area contributed by atoms with Crippen LogP contribution in [0.4, 0.5) is 11.4 Å². The highest BCUT2D eigenvalue weighted by Crippen LogP contribution is 2.21. The van der Waals surface area contributed by atoms with Crippen molar-refractivity contribution in [2.75, 3.05) is 37.8 Å². The van der Waals surface area contributed by atoms with Gasteiger partial charge in [0, 0.05) is 31.4 Å². The van der Waals surface area contributed by atoms with Gasteiger partial charge in [-0.05, 0) is 46.1 Å². The molecular formula is C17H26N4O3. The average molecular weight is 334 g/mol. The first-order chi connectivity index (χ1) is 11.1. The lowest BCUT2D eigenvalue weighted by molar-refractivity contribution is -0.138. The van der Waals surface area contributed by atoms with Crippen LogP contribution in [0.15, 0.2) is 24.3 Å². The first-order valence-electron chi connectivity index (χ1n) is 7.75. The molecule has 0 bridgehead atoms. The van der Waals surface area contributed by atoms with E-state index >= 15 is 0 Å². The molecule has 7 heteroatoms. The minimum Gasteiger partial charge on any atom is -0.354 e. The van der Waals surface area contributed by atoms with E-state index in [1.54, 1.807) is 38.1 Å². The number of amides is 3. The van der Waals surface area contributed by atoms with Gasteiger partial charge < -0.3 is 20.9 Å². The largest absolute Gasteiger partial charge is 0.354 e. The van der Waals surface area contributed by atoms with Gasteiger partial charge in [0.2, 0.25) is 17.7 Å². The lowest BCUT2D eigenvalue weighted by Gasteiger charge is -2.23. The molecule has 1 rings (SSSR count). The predicted molar refractivity (Wildman–Crippen MR) is 94.7 cm³/mol. The van der Waals surface area contributed by atoms with Crippen molar-refractivity contribution in [2.45, 2.75) is 20.8 Å². The predicted octanol–water partition coefficient (Wildman–Crippen LogP) is 1.29. The second-order valence-electron chi connectivity index (χ2n) is 6.40. The van der Waals surface area contributed by atoms with Crippen LogP contribution in [-0.4, -0.2) is 49.8 Å². The number of anilines is 2. The standard InChI is InChI=1S/C17H26N4O3/c1-12(22)19-13-7-6-8-14(11-13)20-16(24)17(2,3)15(23)18-9-10-21(4)5/h6-8,11H,9-10H2,1-5H3,(H,18,23)(H,19,22)(H,20,24). The SMILES string of the molecule is CC(=O)Nc1cccc(NC(=O)C(C)(C)C(=O)NCCN(C)C)c1. The molecule has 0 unspecified atom stereocenters. The summed E-state index contributed by atoms with van der Waals surface area (Å²) in [6.07, 6.45) is 0. The Balaban J connectivity index is 2.71. The smallest absolute Gasteiger partial charge is 0.239 e. The summed E-state index contributed by atoms with van der Waals surface area (Å²) in [6.45, 7) is 5.73. The maximum absolute atomic E-state index is 12.4. The molecule has 0 aliphatic rings. The molecule has 24 heavy (non-hydrogen) atoms. The van der Waals surface area contributed by atoms with Gasteiger partial charge in [0.15, 0.2) is 0 Å². The van der Waals surface area contributed by atoms with Crippen LogP contribution in [0.2, 0.25) is 0 Å². The summed E-state index contributed by atoms with van der Waals surface area (Å²) in [5.41, 5.74) is -0.120. The molecule has 0 aliphatic carbocycles. The monoisotopic (exact) mass is 334 g/mol. The van der Waals surface area contributed by atoms with Gasteiger partial charge in [0.25, 0.3) is 0 Å². The van der Waals surface area contributed by atoms with Crippen molar-refractivity contribution in [2.24, 2.45) is 5.41 Å². The van der Waals surface area contributed by atoms with E-state index in [2.05, 4.69) is 16.0 Å². The fourth-order valence-electron chi connectivity index (χ4n) is 1.88. The Hall–Kier alpha value is -2.41. The minimum atomic E-state index is -1.21. The molecule has 0 spiro atoms. The van der Waals surface area contributed by atoms with Gasteiger partial charge in [-0.25, -0.2) is 0 Å². The molecule has 0 aliphatic heterocycles. The molecule has 3 N–H and O–H groups in total. The molecule has 0 heterocycles. The number of likely N-dealkylation sites (N-methyl/N-ethyl adjacent to an activating group) is 1. The molecule has 0 atom stereocenters. The molecular weight excluding hydrogens is 308 g/mol. The zero-order valence-electron chi connectivity index (χ0n) is 14.9. The molecule has 0 radical (unpaired) electrons. The first-order valence-corrected chi connectivity index (χ1v) is 7.75. The van der Waals surface area contributed by atoms with Crippen LogP contribution in [0.25, 0.3) is 0 Å². The van der Waals surface area contributed by atoms with Gasteiger partial charge in [0.05, 0.1) is 0 Å². The van der Waals surface area contributed by atoms with Crippen molar-refractivity contribution in [3.05, 3.63) is 24.3 Å². The Labute approximate surface area is 142 Å². The van der Waals surface area contributed by atoms with Crippen LogP contribution in [0.5, 0.6) is 0 Å². The van der Waals surface area contributed by atoms with E-state index in [1.807, 2.05) is 19.0 Å². The Morgan fingerprint density at radius 2 is 1.62 bits per heavy atom. The third kappa shape index (κ3) is 6.00. The number of carbonyl (C=O) groups is 3. The molecule has 1 aromatic carbocycles. The second-order valence-corrected chi connectivity index (χ2v) is 6.40. The molecule has 3 amide bonds. The van der Waals surface area contributed by atoms with Gasteiger partial charge in [-0.15, -0.1) is 0 Å². The normalized spacial score (nSPS) is 11.1. The quantitative estimate of drug-likeness (QED) is 0.655. The number of nitrogens with zero attached hydrogens (tertiary/aromatic N) is 1. The van der Waals surface area contributed by atoms with Crippen LogP contribution < -0.4 is 16.0 Å². The summed E-state index contributed by atoms with van der Waals surface area (Å²) in [6, 6.07) is 6.77. The zero-order valence-corrected chi connectivity index (χ0v) is 14.9. The van der Waals surface area contributed by atoms with Gasteiger partial charge in [0.1, 0.15) is 5.41 Å². The Morgan fingerprint density at radius 1 is 1.04 bits per heavy atom. The summed E-state index contributed by atoms with van der Waals surface area (Å²) < 4.78 is 0. The van der Waals surface area contributed by atoms with Crippen molar-refractivity contribution in [1.82, 2.24) is 10.2 Å². The van der Waals surface area contributed by atoms with E-state index in [0.29, 0.717) is 24.5 Å². The van der Waals surface area contributed by atoms with Crippen LogP contribution >= 0.6 is 0 Å². The zero-order chi connectivity index (χ0) is 18.3. The van der Waals surface area contributed by atoms with Crippen LogP contribution in [-0.2, 0) is 14.4 Å². The van der Waals surface area contributed by atoms with Gasteiger partial charge in [-0.1, -0.05) is 6.07 Å². The Kier molecular flexibility index (Phi) is 6.91. The Morgan fingerprint density at radius 3 is 2.17 bits per heavy atom. The molecule has 7 nitrogen and oxygen atoms in total. The number of nitrogens with one attached hydrogen (secondary N) is 3. The van der Waals surface area contributed by atoms with Gasteiger partial charge in [-0.2, -0.15) is 0 Å². The minimum absolute atomic E-state index is 0.195. The van der Waals surface area contributed by atoms with Crippen molar-refractivity contribution in [3.8, 4) is 0 Å². The third-order valence-electron chi connectivity index (χ3n) is 3.42. The first kappa shape index (κ1) is 19.6. The van der Waals surface area contributed by atoms with Gasteiger partial charge in [-0.3, -0.25) is 14.4 Å². The fraction of sp³-hybridized carbons (Fsp3) is 0.471. The molecule has 0 saturated carbocycles. The molecule has 0 aromatic heterocycles. The van der Waals surface area contributed by atoms with E-state index < -0.39 is 11.3 Å². The molecule has 0 saturated heterocycles. The highest BCUT2D eigenvalue weighted by atomic mass is 16.2. The van der Waals surface area contributed by atoms with E-state index in [0.717, 1.165) is 0 Å².